The van der Waals surface area contributed by atoms with Crippen molar-refractivity contribution in [1.29, 1.82) is 0 Å². The number of nitrogens with one attached hydrogen (secondary N) is 1. The maximum absolute atomic E-state index is 12.4. The molecule has 0 aliphatic carbocycles. The molecule has 0 bridgehead atoms. The van der Waals surface area contributed by atoms with Crippen molar-refractivity contribution in [2.75, 3.05) is 5.33 Å². The Morgan fingerprint density at radius 1 is 1.23 bits per heavy atom. The molecule has 0 aromatic heterocycles. The van der Waals surface area contributed by atoms with Crippen LogP contribution < -0.4 is 5.32 Å². The lowest BCUT2D eigenvalue weighted by Gasteiger charge is -2.25. The highest BCUT2D eigenvalue weighted by molar-refractivity contribution is 9.10. The van der Waals surface area contributed by atoms with E-state index in [9.17, 15) is 9.59 Å². The second-order valence-corrected chi connectivity index (χ2v) is 7.73. The molecular weight excluding hydrogens is 414 g/mol. The molecule has 0 aliphatic heterocycles. The van der Waals surface area contributed by atoms with E-state index < -0.39 is 17.6 Å². The molecule has 6 heteroatoms. The van der Waals surface area contributed by atoms with Crippen molar-refractivity contribution in [1.82, 2.24) is 5.32 Å². The summed E-state index contributed by atoms with van der Waals surface area (Å²) in [5.41, 5.74) is 0.0852. The molecule has 2 atom stereocenters. The molecule has 122 valence electrons. The van der Waals surface area contributed by atoms with Crippen molar-refractivity contribution >= 4 is 43.7 Å². The Morgan fingerprint density at radius 2 is 1.82 bits per heavy atom. The van der Waals surface area contributed by atoms with E-state index in [1.165, 1.54) is 0 Å². The van der Waals surface area contributed by atoms with Gasteiger partial charge in [0.25, 0.3) is 0 Å². The Morgan fingerprint density at radius 3 is 2.32 bits per heavy atom. The monoisotopic (exact) mass is 433 g/mol. The third-order valence-corrected chi connectivity index (χ3v) is 4.04. The van der Waals surface area contributed by atoms with Crippen LogP contribution in [0.15, 0.2) is 30.3 Å². The van der Waals surface area contributed by atoms with Crippen molar-refractivity contribution in [2.45, 2.75) is 43.7 Å². The van der Waals surface area contributed by atoms with Crippen molar-refractivity contribution in [3.63, 3.8) is 0 Å². The van der Waals surface area contributed by atoms with Gasteiger partial charge in [-0.15, -0.1) is 0 Å². The highest BCUT2D eigenvalue weighted by atomic mass is 79.9. The smallest absolute Gasteiger partial charge is 0.333 e. The van der Waals surface area contributed by atoms with E-state index in [0.717, 1.165) is 0 Å². The second-order valence-electron chi connectivity index (χ2n) is 5.83. The first-order chi connectivity index (χ1) is 10.2. The van der Waals surface area contributed by atoms with Gasteiger partial charge >= 0.3 is 5.97 Å². The summed E-state index contributed by atoms with van der Waals surface area (Å²) in [4.78, 5) is 24.3. The zero-order valence-electron chi connectivity index (χ0n) is 12.9. The Kier molecular flexibility index (Phi) is 7.56. The number of carbonyl (C=O) groups excluding carboxylic acids is 2. The van der Waals surface area contributed by atoms with Gasteiger partial charge in [0.15, 0.2) is 6.04 Å². The van der Waals surface area contributed by atoms with Gasteiger partial charge in [-0.05, 0) is 32.8 Å². The normalized spacial score (nSPS) is 14.0. The maximum atomic E-state index is 12.4. The van der Waals surface area contributed by atoms with Gasteiger partial charge < -0.3 is 10.1 Å². The number of esters is 1. The second kappa shape index (κ2) is 8.67. The summed E-state index contributed by atoms with van der Waals surface area (Å²) in [5.74, 6) is -0.704. The molecule has 0 radical (unpaired) electrons. The van der Waals surface area contributed by atoms with Crippen LogP contribution in [0.4, 0.5) is 0 Å². The lowest BCUT2D eigenvalue weighted by atomic mass is 10.1. The third-order valence-electron chi connectivity index (χ3n) is 2.71. The molecule has 1 N–H and O–H groups in total. The molecule has 0 fully saturated rings. The van der Waals surface area contributed by atoms with Crippen LogP contribution in [0.1, 0.15) is 38.8 Å². The number of hydrogen-bond acceptors (Lipinski definition) is 3. The number of alkyl halides is 2. The zero-order valence-corrected chi connectivity index (χ0v) is 16.1. The zero-order chi connectivity index (χ0) is 16.8. The molecule has 22 heavy (non-hydrogen) atoms. The van der Waals surface area contributed by atoms with Gasteiger partial charge in [0.05, 0.1) is 4.83 Å². The van der Waals surface area contributed by atoms with Crippen LogP contribution in [-0.4, -0.2) is 27.6 Å². The summed E-state index contributed by atoms with van der Waals surface area (Å²) in [6, 6.07) is 8.27. The van der Waals surface area contributed by atoms with Gasteiger partial charge in [-0.1, -0.05) is 62.2 Å². The minimum absolute atomic E-state index is 0.237. The predicted octanol–water partition coefficient (Wildman–Crippen LogP) is 3.73. The highest BCUT2D eigenvalue weighted by Crippen LogP contribution is 2.20. The predicted molar refractivity (Wildman–Crippen MR) is 94.3 cm³/mol. The van der Waals surface area contributed by atoms with E-state index in [1.807, 2.05) is 18.2 Å². The number of ether oxygens (including phenoxy) is 1. The minimum atomic E-state index is -0.816. The van der Waals surface area contributed by atoms with E-state index in [2.05, 4.69) is 37.2 Å². The molecule has 0 heterocycles. The van der Waals surface area contributed by atoms with Crippen LogP contribution in [0, 0.1) is 0 Å². The summed E-state index contributed by atoms with van der Waals surface area (Å²) in [7, 11) is 0. The molecule has 0 saturated heterocycles. The number of rotatable bonds is 6. The summed E-state index contributed by atoms with van der Waals surface area (Å²) in [5, 5.41) is 3.45. The molecular formula is C16H21Br2NO3. The Hall–Kier alpha value is -0.880. The van der Waals surface area contributed by atoms with E-state index in [4.69, 9.17) is 4.74 Å². The Bertz CT molecular complexity index is 500. The molecule has 0 aliphatic rings. The number of benzene rings is 1. The number of hydrogen-bond donors (Lipinski definition) is 1. The largest absolute Gasteiger partial charge is 0.458 e. The van der Waals surface area contributed by atoms with E-state index >= 15 is 0 Å². The average Bonchev–Trinajstić information content (AvgIpc) is 2.43. The summed E-state index contributed by atoms with van der Waals surface area (Å²) < 4.78 is 5.42. The molecule has 4 nitrogen and oxygen atoms in total. The van der Waals surface area contributed by atoms with Crippen LogP contribution >= 0.6 is 31.9 Å². The van der Waals surface area contributed by atoms with Crippen LogP contribution in [0.2, 0.25) is 0 Å². The fraction of sp³-hybridized carbons (Fsp3) is 0.500. The van der Waals surface area contributed by atoms with Gasteiger partial charge in [0, 0.05) is 5.33 Å². The van der Waals surface area contributed by atoms with Crippen LogP contribution in [0.5, 0.6) is 0 Å². The van der Waals surface area contributed by atoms with Crippen molar-refractivity contribution in [3.05, 3.63) is 35.9 Å². The third kappa shape index (κ3) is 6.48. The minimum Gasteiger partial charge on any atom is -0.458 e. The van der Waals surface area contributed by atoms with E-state index in [-0.39, 0.29) is 10.7 Å². The van der Waals surface area contributed by atoms with Gasteiger partial charge in [-0.2, -0.15) is 0 Å². The number of amides is 1. The molecule has 1 rings (SSSR count). The Balaban J connectivity index is 2.93. The van der Waals surface area contributed by atoms with Crippen LogP contribution in [-0.2, 0) is 14.3 Å². The summed E-state index contributed by atoms with van der Waals surface area (Å²) >= 11 is 6.62. The lowest BCUT2D eigenvalue weighted by molar-refractivity contribution is -0.158. The standard InChI is InChI=1S/C16H21Br2NO3/c1-16(2,3)22-15(21)13(11-7-5-4-6-8-11)19-14(20)12(18)9-10-17/h4-8,12-13H,9-10H2,1-3H3,(H,19,20). The van der Waals surface area contributed by atoms with Crippen LogP contribution in [0.25, 0.3) is 0 Å². The molecule has 1 aromatic rings. The first-order valence-electron chi connectivity index (χ1n) is 7.03. The highest BCUT2D eigenvalue weighted by Gasteiger charge is 2.29. The fourth-order valence-corrected chi connectivity index (χ4v) is 3.18. The van der Waals surface area contributed by atoms with Gasteiger partial charge in [0.1, 0.15) is 5.60 Å². The fourth-order valence-electron chi connectivity index (χ4n) is 1.74. The van der Waals surface area contributed by atoms with Gasteiger partial charge in [0.2, 0.25) is 5.91 Å². The first kappa shape index (κ1) is 19.2. The first-order valence-corrected chi connectivity index (χ1v) is 9.06. The maximum Gasteiger partial charge on any atom is 0.333 e. The topological polar surface area (TPSA) is 55.4 Å². The molecule has 0 saturated carbocycles. The average molecular weight is 435 g/mol. The summed E-state index contributed by atoms with van der Waals surface area (Å²) in [6.07, 6.45) is 0.627. The molecule has 1 amide bonds. The van der Waals surface area contributed by atoms with E-state index in [1.54, 1.807) is 32.9 Å². The van der Waals surface area contributed by atoms with Crippen molar-refractivity contribution in [3.8, 4) is 0 Å². The number of carbonyl (C=O) groups is 2. The number of halogens is 2. The molecule has 1 aromatic carbocycles. The van der Waals surface area contributed by atoms with Crippen molar-refractivity contribution < 1.29 is 14.3 Å². The quantitative estimate of drug-likeness (QED) is 0.548. The SMILES string of the molecule is CC(C)(C)OC(=O)C(NC(=O)C(Br)CCBr)c1ccccc1. The van der Waals surface area contributed by atoms with Gasteiger partial charge in [-0.3, -0.25) is 4.79 Å². The Labute approximate surface area is 148 Å². The van der Waals surface area contributed by atoms with Crippen molar-refractivity contribution in [2.24, 2.45) is 0 Å². The molecule has 2 unspecified atom stereocenters. The van der Waals surface area contributed by atoms with Gasteiger partial charge in [-0.25, -0.2) is 4.79 Å². The lowest BCUT2D eigenvalue weighted by Crippen LogP contribution is -2.41. The van der Waals surface area contributed by atoms with E-state index in [0.29, 0.717) is 17.3 Å². The van der Waals surface area contributed by atoms with Crippen LogP contribution in [0.3, 0.4) is 0 Å². The molecule has 0 spiro atoms. The summed E-state index contributed by atoms with van der Waals surface area (Å²) in [6.45, 7) is 5.40.